The monoisotopic (exact) mass is 304 g/mol. The average molecular weight is 304 g/mol. The van der Waals surface area contributed by atoms with Gasteiger partial charge in [0.15, 0.2) is 0 Å². The Morgan fingerprint density at radius 1 is 1.36 bits per heavy atom. The molecule has 2 aromatic rings. The Labute approximate surface area is 128 Å². The van der Waals surface area contributed by atoms with E-state index in [-0.39, 0.29) is 11.6 Å². The molecule has 118 valence electrons. The maximum atomic E-state index is 11.9. The number of carbonyl (C=O) groups excluding carboxylic acids is 2. The van der Waals surface area contributed by atoms with Crippen LogP contribution < -0.4 is 10.6 Å². The Morgan fingerprint density at radius 2 is 2.09 bits per heavy atom. The molecule has 22 heavy (non-hydrogen) atoms. The van der Waals surface area contributed by atoms with Crippen LogP contribution in [0.4, 0.5) is 10.5 Å². The first-order valence-corrected chi connectivity index (χ1v) is 7.04. The number of pyridine rings is 1. The standard InChI is InChI=1S/C15H20N4O3/c1-5-22-13(20)11-9-16-19-7-6-10(8-12(11)19)17-14(21)18-15(2,3)4/h6-9H,5H2,1-4H3,(H2,17,18,21). The lowest BCUT2D eigenvalue weighted by Crippen LogP contribution is -2.43. The van der Waals surface area contributed by atoms with Crippen molar-refractivity contribution in [2.75, 3.05) is 11.9 Å². The lowest BCUT2D eigenvalue weighted by atomic mass is 10.1. The summed E-state index contributed by atoms with van der Waals surface area (Å²) in [4.78, 5) is 23.8. The van der Waals surface area contributed by atoms with Gasteiger partial charge in [-0.2, -0.15) is 5.10 Å². The summed E-state index contributed by atoms with van der Waals surface area (Å²) in [5.41, 5.74) is 1.18. The number of nitrogens with zero attached hydrogens (tertiary/aromatic N) is 2. The lowest BCUT2D eigenvalue weighted by molar-refractivity contribution is 0.0528. The van der Waals surface area contributed by atoms with Gasteiger partial charge < -0.3 is 15.4 Å². The van der Waals surface area contributed by atoms with Crippen LogP contribution >= 0.6 is 0 Å². The predicted octanol–water partition coefficient (Wildman–Crippen LogP) is 2.43. The van der Waals surface area contributed by atoms with E-state index in [0.717, 1.165) is 0 Å². The van der Waals surface area contributed by atoms with Crippen LogP contribution in [0.2, 0.25) is 0 Å². The van der Waals surface area contributed by atoms with Gasteiger partial charge in [0, 0.05) is 17.4 Å². The summed E-state index contributed by atoms with van der Waals surface area (Å²) < 4.78 is 6.54. The first-order chi connectivity index (χ1) is 10.3. The van der Waals surface area contributed by atoms with Crippen LogP contribution in [-0.4, -0.2) is 33.8 Å². The Bertz CT molecular complexity index is 700. The van der Waals surface area contributed by atoms with Crippen molar-refractivity contribution < 1.29 is 14.3 Å². The van der Waals surface area contributed by atoms with Crippen LogP contribution in [0.1, 0.15) is 38.1 Å². The number of anilines is 1. The molecule has 0 saturated heterocycles. The molecule has 7 heteroatoms. The van der Waals surface area contributed by atoms with Gasteiger partial charge in [-0.05, 0) is 39.8 Å². The van der Waals surface area contributed by atoms with Crippen molar-refractivity contribution in [3.05, 3.63) is 30.1 Å². The SMILES string of the molecule is CCOC(=O)c1cnn2ccc(NC(=O)NC(C)(C)C)cc12. The first-order valence-electron chi connectivity index (χ1n) is 7.04. The number of nitrogens with one attached hydrogen (secondary N) is 2. The second kappa shape index (κ2) is 6.05. The molecule has 0 atom stereocenters. The van der Waals surface area contributed by atoms with Gasteiger partial charge in [0.1, 0.15) is 5.56 Å². The molecule has 0 unspecified atom stereocenters. The van der Waals surface area contributed by atoms with Crippen molar-refractivity contribution in [1.29, 1.82) is 0 Å². The molecule has 2 aromatic heterocycles. The van der Waals surface area contributed by atoms with Crippen LogP contribution in [0.3, 0.4) is 0 Å². The van der Waals surface area contributed by atoms with Crippen molar-refractivity contribution in [2.24, 2.45) is 0 Å². The van der Waals surface area contributed by atoms with Crippen LogP contribution in [0.5, 0.6) is 0 Å². The quantitative estimate of drug-likeness (QED) is 0.853. The molecule has 0 aliphatic rings. The van der Waals surface area contributed by atoms with Crippen molar-refractivity contribution in [2.45, 2.75) is 33.2 Å². The van der Waals surface area contributed by atoms with Crippen molar-refractivity contribution >= 4 is 23.2 Å². The van der Waals surface area contributed by atoms with E-state index < -0.39 is 5.97 Å². The Kier molecular flexibility index (Phi) is 4.35. The summed E-state index contributed by atoms with van der Waals surface area (Å²) in [5.74, 6) is -0.436. The van der Waals surface area contributed by atoms with Crippen LogP contribution in [0.25, 0.3) is 5.52 Å². The molecule has 0 spiro atoms. The minimum Gasteiger partial charge on any atom is -0.462 e. The zero-order chi connectivity index (χ0) is 16.3. The zero-order valence-corrected chi connectivity index (χ0v) is 13.1. The molecule has 2 N–H and O–H groups in total. The maximum Gasteiger partial charge on any atom is 0.341 e. The second-order valence-electron chi connectivity index (χ2n) is 5.85. The van der Waals surface area contributed by atoms with E-state index in [1.54, 1.807) is 29.8 Å². The molecular weight excluding hydrogens is 284 g/mol. The molecule has 0 radical (unpaired) electrons. The largest absolute Gasteiger partial charge is 0.462 e. The van der Waals surface area contributed by atoms with E-state index in [0.29, 0.717) is 23.4 Å². The van der Waals surface area contributed by atoms with E-state index in [1.165, 1.54) is 6.20 Å². The van der Waals surface area contributed by atoms with E-state index in [1.807, 2.05) is 20.8 Å². The van der Waals surface area contributed by atoms with Crippen LogP contribution in [0.15, 0.2) is 24.5 Å². The highest BCUT2D eigenvalue weighted by molar-refractivity contribution is 5.98. The zero-order valence-electron chi connectivity index (χ0n) is 13.1. The molecule has 7 nitrogen and oxygen atoms in total. The highest BCUT2D eigenvalue weighted by atomic mass is 16.5. The van der Waals surface area contributed by atoms with Crippen molar-refractivity contribution in [3.8, 4) is 0 Å². The molecular formula is C15H20N4O3. The second-order valence-corrected chi connectivity index (χ2v) is 5.85. The molecule has 0 aliphatic heterocycles. The van der Waals surface area contributed by atoms with E-state index >= 15 is 0 Å². The van der Waals surface area contributed by atoms with Crippen molar-refractivity contribution in [1.82, 2.24) is 14.9 Å². The summed E-state index contributed by atoms with van der Waals surface area (Å²) in [7, 11) is 0. The number of aromatic nitrogens is 2. The Balaban J connectivity index is 2.24. The van der Waals surface area contributed by atoms with Gasteiger partial charge in [0.2, 0.25) is 0 Å². The summed E-state index contributed by atoms with van der Waals surface area (Å²) in [5, 5.41) is 9.63. The fourth-order valence-electron chi connectivity index (χ4n) is 1.93. The first kappa shape index (κ1) is 15.8. The van der Waals surface area contributed by atoms with Gasteiger partial charge in [-0.15, -0.1) is 0 Å². The fourth-order valence-corrected chi connectivity index (χ4v) is 1.93. The summed E-state index contributed by atoms with van der Waals surface area (Å²) >= 11 is 0. The average Bonchev–Trinajstić information content (AvgIpc) is 2.79. The van der Waals surface area contributed by atoms with E-state index in [9.17, 15) is 9.59 Å². The highest BCUT2D eigenvalue weighted by Gasteiger charge is 2.16. The topological polar surface area (TPSA) is 84.7 Å². The van der Waals surface area contributed by atoms with Gasteiger partial charge in [0.25, 0.3) is 0 Å². The molecule has 0 bridgehead atoms. The molecule has 0 aromatic carbocycles. The number of esters is 1. The Morgan fingerprint density at radius 3 is 2.73 bits per heavy atom. The number of hydrogen-bond acceptors (Lipinski definition) is 4. The molecule has 0 aliphatic carbocycles. The number of fused-ring (bicyclic) bond motifs is 1. The number of amides is 2. The van der Waals surface area contributed by atoms with Gasteiger partial charge in [-0.25, -0.2) is 14.1 Å². The number of rotatable bonds is 3. The molecule has 2 heterocycles. The Hall–Kier alpha value is -2.57. The van der Waals surface area contributed by atoms with Gasteiger partial charge in [-0.1, -0.05) is 0 Å². The third-order valence-corrected chi connectivity index (χ3v) is 2.76. The smallest absolute Gasteiger partial charge is 0.341 e. The minimum absolute atomic E-state index is 0.294. The summed E-state index contributed by atoms with van der Waals surface area (Å²) in [6.07, 6.45) is 3.12. The van der Waals surface area contributed by atoms with Gasteiger partial charge in [0.05, 0.1) is 18.3 Å². The minimum atomic E-state index is -0.436. The van der Waals surface area contributed by atoms with Crippen molar-refractivity contribution in [3.63, 3.8) is 0 Å². The molecule has 2 rings (SSSR count). The number of hydrogen-bond donors (Lipinski definition) is 2. The summed E-state index contributed by atoms with van der Waals surface area (Å²) in [6.45, 7) is 7.72. The van der Waals surface area contributed by atoms with Crippen LogP contribution in [0, 0.1) is 0 Å². The predicted molar refractivity (Wildman–Crippen MR) is 83.1 cm³/mol. The van der Waals surface area contributed by atoms with Gasteiger partial charge >= 0.3 is 12.0 Å². The molecule has 0 fully saturated rings. The number of urea groups is 1. The number of carbonyl (C=O) groups is 2. The molecule has 2 amide bonds. The summed E-state index contributed by atoms with van der Waals surface area (Å²) in [6, 6.07) is 3.08. The van der Waals surface area contributed by atoms with Gasteiger partial charge in [-0.3, -0.25) is 0 Å². The third kappa shape index (κ3) is 3.75. The van der Waals surface area contributed by atoms with Crippen LogP contribution in [-0.2, 0) is 4.74 Å². The highest BCUT2D eigenvalue weighted by Crippen LogP contribution is 2.17. The maximum absolute atomic E-state index is 11.9. The number of ether oxygens (including phenoxy) is 1. The molecule has 0 saturated carbocycles. The van der Waals surface area contributed by atoms with E-state index in [2.05, 4.69) is 15.7 Å². The van der Waals surface area contributed by atoms with E-state index in [4.69, 9.17) is 4.74 Å². The normalized spacial score (nSPS) is 11.3. The third-order valence-electron chi connectivity index (χ3n) is 2.76. The lowest BCUT2D eigenvalue weighted by Gasteiger charge is -2.20. The fraction of sp³-hybridized carbons (Fsp3) is 0.400.